The van der Waals surface area contributed by atoms with Crippen molar-refractivity contribution in [1.29, 1.82) is 0 Å². The fraction of sp³-hybridized carbons (Fsp3) is 0.300. The van der Waals surface area contributed by atoms with Crippen LogP contribution in [0.5, 0.6) is 0 Å². The van der Waals surface area contributed by atoms with Crippen LogP contribution in [-0.2, 0) is 14.3 Å². The molecule has 5 nitrogen and oxygen atoms in total. The molecule has 2 aromatic rings. The summed E-state index contributed by atoms with van der Waals surface area (Å²) in [5, 5.41) is 0. The molecule has 0 saturated heterocycles. The van der Waals surface area contributed by atoms with Crippen LogP contribution >= 0.6 is 15.9 Å². The molecule has 1 fully saturated rings. The number of hydrogen-bond acceptors (Lipinski definition) is 5. The van der Waals surface area contributed by atoms with Crippen molar-refractivity contribution in [3.63, 3.8) is 0 Å². The lowest BCUT2D eigenvalue weighted by Gasteiger charge is -2.37. The van der Waals surface area contributed by atoms with Gasteiger partial charge in [-0.15, -0.1) is 0 Å². The van der Waals surface area contributed by atoms with Crippen LogP contribution in [0.3, 0.4) is 0 Å². The van der Waals surface area contributed by atoms with Crippen LogP contribution in [0.2, 0.25) is 0 Å². The van der Waals surface area contributed by atoms with Crippen LogP contribution in [0.4, 0.5) is 0 Å². The highest BCUT2D eigenvalue weighted by atomic mass is 79.9. The summed E-state index contributed by atoms with van der Waals surface area (Å²) in [5.41, 5.74) is 1.45. The summed E-state index contributed by atoms with van der Waals surface area (Å²) in [6.07, 6.45) is 4.22. The van der Waals surface area contributed by atoms with Crippen molar-refractivity contribution in [3.05, 3.63) is 64.7 Å². The topological polar surface area (TPSA) is 65.7 Å². The van der Waals surface area contributed by atoms with Crippen molar-refractivity contribution in [1.82, 2.24) is 0 Å². The number of ether oxygens (including phenoxy) is 2. The molecule has 1 aliphatic carbocycles. The average Bonchev–Trinajstić information content (AvgIpc) is 3.18. The number of carbonyl (C=O) groups is 2. The van der Waals surface area contributed by atoms with Gasteiger partial charge in [-0.3, -0.25) is 4.79 Å². The Bertz CT molecular complexity index is 838. The standard InChI is InChI=1S/C20H17BrO5/c21-13-5-3-12(4-6-13)16-11-25-18-10-14(7-8-15(18)19(16)22)26-20(23)17-2-1-9-24-17/h1-6,9,11,14-15,18H,7-8,10H2. The molecule has 1 aromatic carbocycles. The second-order valence-corrected chi connectivity index (χ2v) is 7.42. The summed E-state index contributed by atoms with van der Waals surface area (Å²) in [5.74, 6) is -0.395. The normalized spacial score (nSPS) is 25.0. The number of rotatable bonds is 3. The molecule has 0 N–H and O–H groups in total. The number of fused-ring (bicyclic) bond motifs is 1. The predicted molar refractivity (Wildman–Crippen MR) is 97.3 cm³/mol. The number of esters is 1. The van der Waals surface area contributed by atoms with Gasteiger partial charge in [0.25, 0.3) is 0 Å². The van der Waals surface area contributed by atoms with E-state index in [4.69, 9.17) is 13.9 Å². The molecule has 3 unspecified atom stereocenters. The highest BCUT2D eigenvalue weighted by Crippen LogP contribution is 2.37. The van der Waals surface area contributed by atoms with E-state index in [0.717, 1.165) is 10.0 Å². The van der Waals surface area contributed by atoms with Crippen LogP contribution in [0.15, 0.2) is 57.8 Å². The van der Waals surface area contributed by atoms with E-state index >= 15 is 0 Å². The van der Waals surface area contributed by atoms with Gasteiger partial charge in [0.2, 0.25) is 5.76 Å². The highest BCUT2D eigenvalue weighted by molar-refractivity contribution is 9.10. The van der Waals surface area contributed by atoms with Crippen LogP contribution in [-0.4, -0.2) is 24.0 Å². The van der Waals surface area contributed by atoms with Crippen LogP contribution in [0.25, 0.3) is 5.57 Å². The molecule has 1 aliphatic heterocycles. The molecule has 2 heterocycles. The Hall–Kier alpha value is -2.34. The Kier molecular flexibility index (Phi) is 4.68. The van der Waals surface area contributed by atoms with Crippen molar-refractivity contribution in [3.8, 4) is 0 Å². The fourth-order valence-electron chi connectivity index (χ4n) is 3.51. The third-order valence-corrected chi connectivity index (χ3v) is 5.39. The summed E-state index contributed by atoms with van der Waals surface area (Å²) in [6, 6.07) is 10.8. The summed E-state index contributed by atoms with van der Waals surface area (Å²) in [7, 11) is 0. The van der Waals surface area contributed by atoms with Gasteiger partial charge in [0, 0.05) is 10.9 Å². The van der Waals surface area contributed by atoms with E-state index in [2.05, 4.69) is 15.9 Å². The second-order valence-electron chi connectivity index (χ2n) is 6.50. The molecule has 0 radical (unpaired) electrons. The first-order chi connectivity index (χ1) is 12.6. The van der Waals surface area contributed by atoms with Gasteiger partial charge in [-0.1, -0.05) is 28.1 Å². The molecule has 1 saturated carbocycles. The SMILES string of the molecule is O=C(OC1CCC2C(=O)C(c3ccc(Br)cc3)=COC2C1)c1ccco1. The number of furan rings is 1. The summed E-state index contributed by atoms with van der Waals surface area (Å²) >= 11 is 3.40. The first-order valence-corrected chi connectivity index (χ1v) is 9.31. The quantitative estimate of drug-likeness (QED) is 0.694. The third-order valence-electron chi connectivity index (χ3n) is 4.86. The van der Waals surface area contributed by atoms with Gasteiger partial charge in [0.15, 0.2) is 5.78 Å². The molecule has 6 heteroatoms. The van der Waals surface area contributed by atoms with Crippen molar-refractivity contribution >= 4 is 33.3 Å². The van der Waals surface area contributed by atoms with Gasteiger partial charge in [-0.2, -0.15) is 0 Å². The van der Waals surface area contributed by atoms with E-state index in [1.165, 1.54) is 6.26 Å². The molecule has 0 bridgehead atoms. The molecule has 26 heavy (non-hydrogen) atoms. The number of allylic oxidation sites excluding steroid dienone is 1. The molecule has 0 amide bonds. The molecule has 2 aliphatic rings. The van der Waals surface area contributed by atoms with Gasteiger partial charge >= 0.3 is 5.97 Å². The molecule has 3 atom stereocenters. The minimum absolute atomic E-state index is 0.0967. The van der Waals surface area contributed by atoms with Crippen molar-refractivity contribution in [2.24, 2.45) is 5.92 Å². The third kappa shape index (κ3) is 3.33. The van der Waals surface area contributed by atoms with E-state index in [-0.39, 0.29) is 29.7 Å². The molecular formula is C20H17BrO5. The maximum absolute atomic E-state index is 12.9. The Balaban J connectivity index is 1.44. The minimum Gasteiger partial charge on any atom is -0.496 e. The minimum atomic E-state index is -0.480. The maximum atomic E-state index is 12.9. The second kappa shape index (κ2) is 7.11. The molecule has 134 valence electrons. The Morgan fingerprint density at radius 3 is 2.69 bits per heavy atom. The highest BCUT2D eigenvalue weighted by Gasteiger charge is 2.41. The number of hydrogen-bond donors (Lipinski definition) is 0. The summed E-state index contributed by atoms with van der Waals surface area (Å²) in [6.45, 7) is 0. The average molecular weight is 417 g/mol. The van der Waals surface area contributed by atoms with E-state index in [9.17, 15) is 9.59 Å². The van der Waals surface area contributed by atoms with Crippen molar-refractivity contribution in [2.75, 3.05) is 0 Å². The van der Waals surface area contributed by atoms with Crippen molar-refractivity contribution < 1.29 is 23.5 Å². The Morgan fingerprint density at radius 1 is 1.15 bits per heavy atom. The van der Waals surface area contributed by atoms with Gasteiger partial charge in [0.05, 0.1) is 24.0 Å². The first kappa shape index (κ1) is 17.1. The van der Waals surface area contributed by atoms with Crippen LogP contribution in [0, 0.1) is 5.92 Å². The fourth-order valence-corrected chi connectivity index (χ4v) is 3.77. The number of halogens is 1. The van der Waals surface area contributed by atoms with E-state index < -0.39 is 5.97 Å². The predicted octanol–water partition coefficient (Wildman–Crippen LogP) is 4.38. The van der Waals surface area contributed by atoms with E-state index in [1.54, 1.807) is 18.4 Å². The number of ketones is 1. The monoisotopic (exact) mass is 416 g/mol. The zero-order chi connectivity index (χ0) is 18.1. The van der Waals surface area contributed by atoms with Gasteiger partial charge in [-0.25, -0.2) is 4.79 Å². The van der Waals surface area contributed by atoms with Crippen molar-refractivity contribution in [2.45, 2.75) is 31.5 Å². The van der Waals surface area contributed by atoms with E-state index in [1.807, 2.05) is 24.3 Å². The Labute approximate surface area is 159 Å². The lowest BCUT2D eigenvalue weighted by Crippen LogP contribution is -2.41. The number of benzene rings is 1. The number of Topliss-reactive ketones (excluding diaryl/α,β-unsaturated/α-hetero) is 1. The largest absolute Gasteiger partial charge is 0.496 e. The van der Waals surface area contributed by atoms with E-state index in [0.29, 0.717) is 24.8 Å². The lowest BCUT2D eigenvalue weighted by molar-refractivity contribution is -0.126. The van der Waals surface area contributed by atoms with Gasteiger partial charge in [0.1, 0.15) is 12.2 Å². The lowest BCUT2D eigenvalue weighted by atomic mass is 9.78. The van der Waals surface area contributed by atoms with Gasteiger partial charge < -0.3 is 13.9 Å². The van der Waals surface area contributed by atoms with Crippen LogP contribution < -0.4 is 0 Å². The zero-order valence-electron chi connectivity index (χ0n) is 13.9. The molecule has 4 rings (SSSR count). The Morgan fingerprint density at radius 2 is 1.96 bits per heavy atom. The zero-order valence-corrected chi connectivity index (χ0v) is 15.5. The smallest absolute Gasteiger partial charge is 0.374 e. The maximum Gasteiger partial charge on any atom is 0.374 e. The summed E-state index contributed by atoms with van der Waals surface area (Å²) in [4.78, 5) is 24.9. The number of carbonyl (C=O) groups excluding carboxylic acids is 2. The summed E-state index contributed by atoms with van der Waals surface area (Å²) < 4.78 is 17.4. The van der Waals surface area contributed by atoms with Gasteiger partial charge in [-0.05, 0) is 42.7 Å². The first-order valence-electron chi connectivity index (χ1n) is 8.52. The molecular weight excluding hydrogens is 400 g/mol. The molecule has 0 spiro atoms. The van der Waals surface area contributed by atoms with Crippen LogP contribution in [0.1, 0.15) is 35.4 Å². The molecule has 1 aromatic heterocycles.